The van der Waals surface area contributed by atoms with E-state index < -0.39 is 0 Å². The summed E-state index contributed by atoms with van der Waals surface area (Å²) in [5, 5.41) is 3.49. The molecule has 0 radical (unpaired) electrons. The van der Waals surface area contributed by atoms with E-state index in [0.29, 0.717) is 24.4 Å². The van der Waals surface area contributed by atoms with Crippen LogP contribution in [-0.4, -0.2) is 36.5 Å². The van der Waals surface area contributed by atoms with E-state index >= 15 is 0 Å². The van der Waals surface area contributed by atoms with Gasteiger partial charge < -0.3 is 10.2 Å². The molecule has 1 aliphatic rings. The third-order valence-electron chi connectivity index (χ3n) is 3.76. The molecule has 3 heteroatoms. The van der Waals surface area contributed by atoms with Gasteiger partial charge in [-0.1, -0.05) is 27.7 Å². The van der Waals surface area contributed by atoms with Crippen molar-refractivity contribution in [1.82, 2.24) is 10.2 Å². The quantitative estimate of drug-likeness (QED) is 0.769. The van der Waals surface area contributed by atoms with E-state index in [9.17, 15) is 4.79 Å². The van der Waals surface area contributed by atoms with E-state index in [1.807, 2.05) is 4.90 Å². The lowest BCUT2D eigenvalue weighted by molar-refractivity contribution is -0.131. The van der Waals surface area contributed by atoms with Crippen molar-refractivity contribution in [2.75, 3.05) is 19.6 Å². The van der Waals surface area contributed by atoms with Crippen LogP contribution < -0.4 is 5.32 Å². The van der Waals surface area contributed by atoms with E-state index in [1.165, 1.54) is 19.3 Å². The van der Waals surface area contributed by atoms with E-state index in [-0.39, 0.29) is 5.91 Å². The maximum absolute atomic E-state index is 12.1. The Morgan fingerprint density at radius 2 is 1.53 bits per heavy atom. The van der Waals surface area contributed by atoms with E-state index in [4.69, 9.17) is 0 Å². The van der Waals surface area contributed by atoms with Gasteiger partial charge in [0.05, 0.1) is 6.54 Å². The summed E-state index contributed by atoms with van der Waals surface area (Å²) in [6.07, 6.45) is 5.94. The zero-order chi connectivity index (χ0) is 14.3. The van der Waals surface area contributed by atoms with Crippen molar-refractivity contribution in [2.45, 2.75) is 65.8 Å². The van der Waals surface area contributed by atoms with Gasteiger partial charge in [0.15, 0.2) is 0 Å². The van der Waals surface area contributed by atoms with Gasteiger partial charge in [-0.2, -0.15) is 0 Å². The number of piperidine rings is 1. The van der Waals surface area contributed by atoms with Crippen LogP contribution in [-0.2, 0) is 4.79 Å². The van der Waals surface area contributed by atoms with Crippen molar-refractivity contribution >= 4 is 5.91 Å². The maximum atomic E-state index is 12.1. The Hall–Kier alpha value is -0.570. The predicted octanol–water partition coefficient (Wildman–Crippen LogP) is 3.05. The first-order valence-corrected chi connectivity index (χ1v) is 8.00. The average Bonchev–Trinajstić information content (AvgIpc) is 2.35. The number of hydrogen-bond donors (Lipinski definition) is 1. The summed E-state index contributed by atoms with van der Waals surface area (Å²) in [6, 6.07) is 0.480. The fourth-order valence-electron chi connectivity index (χ4n) is 2.89. The third kappa shape index (κ3) is 6.95. The fourth-order valence-corrected chi connectivity index (χ4v) is 2.89. The molecule has 0 aliphatic carbocycles. The zero-order valence-electron chi connectivity index (χ0n) is 13.2. The molecule has 112 valence electrons. The lowest BCUT2D eigenvalue weighted by Gasteiger charge is -2.28. The molecule has 1 amide bonds. The van der Waals surface area contributed by atoms with Crippen LogP contribution in [0.3, 0.4) is 0 Å². The molecule has 0 bridgehead atoms. The minimum Gasteiger partial charge on any atom is -0.342 e. The van der Waals surface area contributed by atoms with Crippen molar-refractivity contribution < 1.29 is 4.79 Å². The van der Waals surface area contributed by atoms with Gasteiger partial charge in [0.25, 0.3) is 0 Å². The molecule has 1 fully saturated rings. The molecule has 1 aliphatic heterocycles. The largest absolute Gasteiger partial charge is 0.342 e. The summed E-state index contributed by atoms with van der Waals surface area (Å²) in [6.45, 7) is 11.4. The van der Waals surface area contributed by atoms with Gasteiger partial charge in [-0.05, 0) is 43.9 Å². The molecule has 19 heavy (non-hydrogen) atoms. The van der Waals surface area contributed by atoms with E-state index in [0.717, 1.165) is 25.9 Å². The Balaban J connectivity index is 2.34. The third-order valence-corrected chi connectivity index (χ3v) is 3.76. The van der Waals surface area contributed by atoms with Crippen LogP contribution in [0.2, 0.25) is 0 Å². The van der Waals surface area contributed by atoms with Gasteiger partial charge in [-0.3, -0.25) is 4.79 Å². The number of nitrogens with one attached hydrogen (secondary N) is 1. The molecule has 0 aromatic carbocycles. The first-order valence-electron chi connectivity index (χ1n) is 8.00. The van der Waals surface area contributed by atoms with Crippen LogP contribution in [0.1, 0.15) is 59.8 Å². The highest BCUT2D eigenvalue weighted by molar-refractivity contribution is 5.78. The summed E-state index contributed by atoms with van der Waals surface area (Å²) >= 11 is 0. The van der Waals surface area contributed by atoms with Gasteiger partial charge in [0.1, 0.15) is 0 Å². The summed E-state index contributed by atoms with van der Waals surface area (Å²) in [5.41, 5.74) is 0. The summed E-state index contributed by atoms with van der Waals surface area (Å²) < 4.78 is 0. The molecular formula is C16H32N2O. The molecule has 1 rings (SSSR count). The number of nitrogens with zero attached hydrogens (tertiary/aromatic N) is 1. The molecule has 0 aromatic heterocycles. The normalized spacial score (nSPS) is 16.7. The van der Waals surface area contributed by atoms with Crippen LogP contribution in [0, 0.1) is 11.8 Å². The number of amides is 1. The smallest absolute Gasteiger partial charge is 0.236 e. The zero-order valence-corrected chi connectivity index (χ0v) is 13.2. The summed E-state index contributed by atoms with van der Waals surface area (Å²) in [4.78, 5) is 14.2. The molecule has 1 heterocycles. The van der Waals surface area contributed by atoms with Crippen LogP contribution in [0.15, 0.2) is 0 Å². The second-order valence-electron chi connectivity index (χ2n) is 6.78. The van der Waals surface area contributed by atoms with Gasteiger partial charge in [-0.15, -0.1) is 0 Å². The van der Waals surface area contributed by atoms with Crippen molar-refractivity contribution in [3.8, 4) is 0 Å². The SMILES string of the molecule is CC(C)CC(CC(C)C)NCC(=O)N1CCCCC1. The first kappa shape index (κ1) is 16.5. The lowest BCUT2D eigenvalue weighted by atomic mass is 9.95. The van der Waals surface area contributed by atoms with Crippen LogP contribution in [0.4, 0.5) is 0 Å². The Morgan fingerprint density at radius 1 is 1.00 bits per heavy atom. The Labute approximate surface area is 119 Å². The van der Waals surface area contributed by atoms with Crippen molar-refractivity contribution in [1.29, 1.82) is 0 Å². The molecule has 0 unspecified atom stereocenters. The van der Waals surface area contributed by atoms with Crippen LogP contribution >= 0.6 is 0 Å². The van der Waals surface area contributed by atoms with Crippen molar-refractivity contribution in [3.63, 3.8) is 0 Å². The molecule has 1 saturated heterocycles. The highest BCUT2D eigenvalue weighted by atomic mass is 16.2. The predicted molar refractivity (Wildman–Crippen MR) is 81.1 cm³/mol. The molecule has 1 N–H and O–H groups in total. The fraction of sp³-hybridized carbons (Fsp3) is 0.938. The second kappa shape index (κ2) is 8.57. The van der Waals surface area contributed by atoms with E-state index in [2.05, 4.69) is 33.0 Å². The Kier molecular flexibility index (Phi) is 7.44. The maximum Gasteiger partial charge on any atom is 0.236 e. The summed E-state index contributed by atoms with van der Waals surface area (Å²) in [7, 11) is 0. The minimum absolute atomic E-state index is 0.289. The topological polar surface area (TPSA) is 32.3 Å². The molecule has 0 saturated carbocycles. The standard InChI is InChI=1S/C16H32N2O/c1-13(2)10-15(11-14(3)4)17-12-16(19)18-8-6-5-7-9-18/h13-15,17H,5-12H2,1-4H3. The lowest BCUT2D eigenvalue weighted by Crippen LogP contribution is -2.44. The molecular weight excluding hydrogens is 236 g/mol. The molecule has 0 aromatic rings. The average molecular weight is 268 g/mol. The number of hydrogen-bond acceptors (Lipinski definition) is 2. The molecule has 0 spiro atoms. The van der Waals surface area contributed by atoms with Gasteiger partial charge >= 0.3 is 0 Å². The van der Waals surface area contributed by atoms with Crippen LogP contribution in [0.25, 0.3) is 0 Å². The monoisotopic (exact) mass is 268 g/mol. The van der Waals surface area contributed by atoms with Gasteiger partial charge in [-0.25, -0.2) is 0 Å². The number of carbonyl (C=O) groups excluding carboxylic acids is 1. The van der Waals surface area contributed by atoms with E-state index in [1.54, 1.807) is 0 Å². The molecule has 0 atom stereocenters. The highest BCUT2D eigenvalue weighted by Crippen LogP contribution is 2.13. The Bertz CT molecular complexity index is 247. The van der Waals surface area contributed by atoms with Gasteiger partial charge in [0.2, 0.25) is 5.91 Å². The summed E-state index contributed by atoms with van der Waals surface area (Å²) in [5.74, 6) is 1.65. The Morgan fingerprint density at radius 3 is 2.00 bits per heavy atom. The molecule has 3 nitrogen and oxygen atoms in total. The minimum atomic E-state index is 0.289. The van der Waals surface area contributed by atoms with Crippen molar-refractivity contribution in [2.24, 2.45) is 11.8 Å². The highest BCUT2D eigenvalue weighted by Gasteiger charge is 2.18. The first-order chi connectivity index (χ1) is 8.99. The number of likely N-dealkylation sites (tertiary alicyclic amines) is 1. The number of carbonyl (C=O) groups is 1. The second-order valence-corrected chi connectivity index (χ2v) is 6.78. The number of rotatable bonds is 7. The van der Waals surface area contributed by atoms with Gasteiger partial charge in [0, 0.05) is 19.1 Å². The van der Waals surface area contributed by atoms with Crippen molar-refractivity contribution in [3.05, 3.63) is 0 Å². The van der Waals surface area contributed by atoms with Crippen LogP contribution in [0.5, 0.6) is 0 Å².